The summed E-state index contributed by atoms with van der Waals surface area (Å²) in [6, 6.07) is 0. The van der Waals surface area contributed by atoms with Gasteiger partial charge in [0.15, 0.2) is 5.78 Å². The number of rotatable bonds is 2. The van der Waals surface area contributed by atoms with Crippen LogP contribution in [0.1, 0.15) is 25.7 Å². The summed E-state index contributed by atoms with van der Waals surface area (Å²) in [5, 5.41) is 0. The van der Waals surface area contributed by atoms with E-state index in [9.17, 15) is 4.79 Å². The molecule has 60 valence electrons. The maximum Gasteiger partial charge on any atom is 0.158 e. The van der Waals surface area contributed by atoms with Crippen LogP contribution in [0.4, 0.5) is 0 Å². The first-order valence-corrected chi connectivity index (χ1v) is 4.08. The second kappa shape index (κ2) is 3.51. The van der Waals surface area contributed by atoms with Gasteiger partial charge in [0.1, 0.15) is 0 Å². The molecule has 0 aromatic carbocycles. The number of hydrogen-bond acceptors (Lipinski definition) is 1. The zero-order chi connectivity index (χ0) is 8.27. The van der Waals surface area contributed by atoms with Crippen molar-refractivity contribution in [1.82, 2.24) is 0 Å². The van der Waals surface area contributed by atoms with E-state index in [1.54, 1.807) is 0 Å². The molecule has 0 amide bonds. The second-order valence-corrected chi connectivity index (χ2v) is 3.06. The van der Waals surface area contributed by atoms with Crippen LogP contribution in [0.15, 0.2) is 24.8 Å². The summed E-state index contributed by atoms with van der Waals surface area (Å²) in [5.74, 6) is 0.636. The lowest BCUT2D eigenvalue weighted by atomic mass is 9.82. The van der Waals surface area contributed by atoms with Crippen LogP contribution in [0.2, 0.25) is 0 Å². The molecule has 1 unspecified atom stereocenters. The molecule has 0 N–H and O–H groups in total. The van der Waals surface area contributed by atoms with Crippen LogP contribution in [0.3, 0.4) is 0 Å². The Kier molecular flexibility index (Phi) is 2.64. The monoisotopic (exact) mass is 150 g/mol. The zero-order valence-electron chi connectivity index (χ0n) is 6.81. The van der Waals surface area contributed by atoms with E-state index in [1.165, 1.54) is 0 Å². The van der Waals surface area contributed by atoms with Gasteiger partial charge in [-0.15, -0.1) is 6.58 Å². The molecule has 0 spiro atoms. The molecule has 0 aromatic rings. The number of ketones is 1. The summed E-state index contributed by atoms with van der Waals surface area (Å²) < 4.78 is 0. The number of Topliss-reactive ketones (excluding diaryl/α,β-unsaturated/α-hetero) is 1. The minimum atomic E-state index is 0.253. The summed E-state index contributed by atoms with van der Waals surface area (Å²) in [4.78, 5) is 11.1. The maximum absolute atomic E-state index is 11.1. The SMILES string of the molecule is C=CCC1CCCC(=O)C1=C. The molecule has 1 aliphatic carbocycles. The highest BCUT2D eigenvalue weighted by Gasteiger charge is 2.22. The van der Waals surface area contributed by atoms with E-state index in [1.807, 2.05) is 6.08 Å². The molecule has 1 saturated carbocycles. The van der Waals surface area contributed by atoms with Crippen molar-refractivity contribution in [2.45, 2.75) is 25.7 Å². The largest absolute Gasteiger partial charge is 0.295 e. The van der Waals surface area contributed by atoms with Gasteiger partial charge in [-0.05, 0) is 30.8 Å². The van der Waals surface area contributed by atoms with E-state index in [4.69, 9.17) is 0 Å². The normalized spacial score (nSPS) is 25.3. The van der Waals surface area contributed by atoms with Crippen LogP contribution in [-0.2, 0) is 4.79 Å². The average Bonchev–Trinajstić information content (AvgIpc) is 1.99. The Labute approximate surface area is 67.8 Å². The summed E-state index contributed by atoms with van der Waals surface area (Å²) in [6.07, 6.45) is 5.61. The van der Waals surface area contributed by atoms with E-state index >= 15 is 0 Å². The first kappa shape index (κ1) is 8.25. The summed E-state index contributed by atoms with van der Waals surface area (Å²) in [5.41, 5.74) is 0.816. The fraction of sp³-hybridized carbons (Fsp3) is 0.500. The quantitative estimate of drug-likeness (QED) is 0.436. The summed E-state index contributed by atoms with van der Waals surface area (Å²) in [6.45, 7) is 7.46. The first-order valence-electron chi connectivity index (χ1n) is 4.08. The number of carbonyl (C=O) groups excluding carboxylic acids is 1. The molecule has 1 nitrogen and oxygen atoms in total. The van der Waals surface area contributed by atoms with E-state index in [2.05, 4.69) is 13.2 Å². The molecule has 1 fully saturated rings. The Hall–Kier alpha value is -0.850. The molecule has 1 aliphatic rings. The molecule has 1 atom stereocenters. The van der Waals surface area contributed by atoms with Gasteiger partial charge in [-0.1, -0.05) is 12.7 Å². The van der Waals surface area contributed by atoms with Crippen LogP contribution < -0.4 is 0 Å². The van der Waals surface area contributed by atoms with Gasteiger partial charge < -0.3 is 0 Å². The Morgan fingerprint density at radius 2 is 2.36 bits per heavy atom. The van der Waals surface area contributed by atoms with Crippen LogP contribution in [0.25, 0.3) is 0 Å². The molecule has 0 heterocycles. The molecule has 0 radical (unpaired) electrons. The van der Waals surface area contributed by atoms with Crippen molar-refractivity contribution < 1.29 is 4.79 Å². The van der Waals surface area contributed by atoms with E-state index in [-0.39, 0.29) is 5.78 Å². The van der Waals surface area contributed by atoms with Gasteiger partial charge in [-0.25, -0.2) is 0 Å². The molecule has 0 bridgehead atoms. The average molecular weight is 150 g/mol. The predicted octanol–water partition coefficient (Wildman–Crippen LogP) is 2.49. The molecular weight excluding hydrogens is 136 g/mol. The summed E-state index contributed by atoms with van der Waals surface area (Å²) >= 11 is 0. The molecule has 0 aliphatic heterocycles. The molecule has 11 heavy (non-hydrogen) atoms. The van der Waals surface area contributed by atoms with E-state index in [0.717, 1.165) is 24.8 Å². The second-order valence-electron chi connectivity index (χ2n) is 3.06. The van der Waals surface area contributed by atoms with Crippen molar-refractivity contribution >= 4 is 5.78 Å². The van der Waals surface area contributed by atoms with Crippen molar-refractivity contribution in [2.75, 3.05) is 0 Å². The fourth-order valence-corrected chi connectivity index (χ4v) is 1.53. The molecule has 1 heteroatoms. The molecular formula is C10H14O. The highest BCUT2D eigenvalue weighted by atomic mass is 16.1. The lowest BCUT2D eigenvalue weighted by Crippen LogP contribution is -2.17. The highest BCUT2D eigenvalue weighted by Crippen LogP contribution is 2.27. The van der Waals surface area contributed by atoms with Gasteiger partial charge in [0.2, 0.25) is 0 Å². The van der Waals surface area contributed by atoms with Gasteiger partial charge in [-0.2, -0.15) is 0 Å². The van der Waals surface area contributed by atoms with E-state index < -0.39 is 0 Å². The lowest BCUT2D eigenvalue weighted by Gasteiger charge is -2.21. The predicted molar refractivity (Wildman–Crippen MR) is 46.3 cm³/mol. The van der Waals surface area contributed by atoms with Crippen molar-refractivity contribution in [3.05, 3.63) is 24.8 Å². The van der Waals surface area contributed by atoms with Gasteiger partial charge in [0, 0.05) is 6.42 Å². The van der Waals surface area contributed by atoms with Crippen molar-refractivity contribution in [3.8, 4) is 0 Å². The number of allylic oxidation sites excluding steroid dienone is 2. The Bertz CT molecular complexity index is 191. The number of hydrogen-bond donors (Lipinski definition) is 0. The number of carbonyl (C=O) groups is 1. The van der Waals surface area contributed by atoms with Gasteiger partial charge in [0.05, 0.1) is 0 Å². The van der Waals surface area contributed by atoms with Gasteiger partial charge >= 0.3 is 0 Å². The summed E-state index contributed by atoms with van der Waals surface area (Å²) in [7, 11) is 0. The third-order valence-electron chi connectivity index (χ3n) is 2.26. The molecule has 0 saturated heterocycles. The maximum atomic E-state index is 11.1. The molecule has 1 rings (SSSR count). The first-order chi connectivity index (χ1) is 5.25. The van der Waals surface area contributed by atoms with E-state index in [0.29, 0.717) is 12.3 Å². The Morgan fingerprint density at radius 3 is 3.00 bits per heavy atom. The Balaban J connectivity index is 2.58. The zero-order valence-corrected chi connectivity index (χ0v) is 6.81. The van der Waals surface area contributed by atoms with Crippen LogP contribution in [0, 0.1) is 5.92 Å². The smallest absolute Gasteiger partial charge is 0.158 e. The van der Waals surface area contributed by atoms with Crippen LogP contribution in [-0.4, -0.2) is 5.78 Å². The third-order valence-corrected chi connectivity index (χ3v) is 2.26. The van der Waals surface area contributed by atoms with Crippen LogP contribution in [0.5, 0.6) is 0 Å². The Morgan fingerprint density at radius 1 is 1.64 bits per heavy atom. The molecule has 0 aromatic heterocycles. The lowest BCUT2D eigenvalue weighted by molar-refractivity contribution is -0.117. The fourth-order valence-electron chi connectivity index (χ4n) is 1.53. The highest BCUT2D eigenvalue weighted by molar-refractivity contribution is 5.95. The minimum Gasteiger partial charge on any atom is -0.295 e. The topological polar surface area (TPSA) is 17.1 Å². The van der Waals surface area contributed by atoms with Crippen molar-refractivity contribution in [1.29, 1.82) is 0 Å². The minimum absolute atomic E-state index is 0.253. The van der Waals surface area contributed by atoms with Gasteiger partial charge in [0.25, 0.3) is 0 Å². The van der Waals surface area contributed by atoms with Gasteiger partial charge in [-0.3, -0.25) is 4.79 Å². The van der Waals surface area contributed by atoms with Crippen molar-refractivity contribution in [2.24, 2.45) is 5.92 Å². The third kappa shape index (κ3) is 1.79. The van der Waals surface area contributed by atoms with Crippen molar-refractivity contribution in [3.63, 3.8) is 0 Å². The van der Waals surface area contributed by atoms with Crippen LogP contribution >= 0.6 is 0 Å². The standard InChI is InChI=1S/C10H14O/c1-3-5-9-6-4-7-10(11)8(9)2/h3,9H,1-2,4-7H2.